The number of carbonyl (C=O) groups is 2. The molecule has 3 aromatic heterocycles. The Bertz CT molecular complexity index is 1600. The van der Waals surface area contributed by atoms with Crippen molar-refractivity contribution in [1.29, 1.82) is 5.26 Å². The van der Waals surface area contributed by atoms with Crippen LogP contribution in [0.5, 0.6) is 17.2 Å². The summed E-state index contributed by atoms with van der Waals surface area (Å²) in [7, 11) is 1.45. The minimum absolute atomic E-state index is 0.0375. The molecule has 1 atom stereocenters. The molecule has 0 aliphatic heterocycles. The predicted octanol–water partition coefficient (Wildman–Crippen LogP) is 4.38. The Labute approximate surface area is 236 Å². The smallest absolute Gasteiger partial charge is 0.255 e. The maximum absolute atomic E-state index is 12.8. The lowest BCUT2D eigenvalue weighted by Crippen LogP contribution is -2.44. The highest BCUT2D eigenvalue weighted by Crippen LogP contribution is 2.28. The van der Waals surface area contributed by atoms with Gasteiger partial charge in [0.05, 0.1) is 29.0 Å². The third-order valence-corrected chi connectivity index (χ3v) is 6.24. The third kappa shape index (κ3) is 7.40. The van der Waals surface area contributed by atoms with Crippen molar-refractivity contribution in [2.75, 3.05) is 19.0 Å². The number of pyridine rings is 3. The summed E-state index contributed by atoms with van der Waals surface area (Å²) < 4.78 is 11.5. The van der Waals surface area contributed by atoms with Crippen LogP contribution < -0.4 is 15.4 Å². The van der Waals surface area contributed by atoms with Crippen molar-refractivity contribution < 1.29 is 24.2 Å². The van der Waals surface area contributed by atoms with E-state index in [4.69, 9.17) is 14.7 Å². The number of methoxy groups -OCH3 is 1. The fourth-order valence-electron chi connectivity index (χ4n) is 3.86. The average molecular weight is 553 g/mol. The van der Waals surface area contributed by atoms with Crippen LogP contribution in [0, 0.1) is 18.3 Å². The number of anilines is 1. The second-order valence-corrected chi connectivity index (χ2v) is 9.38. The fraction of sp³-hybridized carbons (Fsp3) is 0.200. The van der Waals surface area contributed by atoms with Crippen LogP contribution >= 0.6 is 0 Å². The maximum atomic E-state index is 12.8. The van der Waals surface area contributed by atoms with E-state index in [0.717, 1.165) is 5.56 Å². The number of aromatic nitrogens is 3. The monoisotopic (exact) mass is 552 g/mol. The Morgan fingerprint density at radius 1 is 1.10 bits per heavy atom. The molecule has 208 valence electrons. The van der Waals surface area contributed by atoms with Gasteiger partial charge in [0.1, 0.15) is 34.8 Å². The Balaban J connectivity index is 1.36. The van der Waals surface area contributed by atoms with Gasteiger partial charge in [-0.3, -0.25) is 14.6 Å². The Morgan fingerprint density at radius 3 is 2.59 bits per heavy atom. The van der Waals surface area contributed by atoms with Gasteiger partial charge in [-0.1, -0.05) is 12.1 Å². The van der Waals surface area contributed by atoms with Crippen molar-refractivity contribution in [3.8, 4) is 34.6 Å². The van der Waals surface area contributed by atoms with Gasteiger partial charge in [-0.25, -0.2) is 9.97 Å². The van der Waals surface area contributed by atoms with Gasteiger partial charge < -0.3 is 25.2 Å². The summed E-state index contributed by atoms with van der Waals surface area (Å²) >= 11 is 0. The highest BCUT2D eigenvalue weighted by Gasteiger charge is 2.29. The molecule has 2 amide bonds. The predicted molar refractivity (Wildman–Crippen MR) is 150 cm³/mol. The van der Waals surface area contributed by atoms with E-state index in [1.54, 1.807) is 74.8 Å². The summed E-state index contributed by atoms with van der Waals surface area (Å²) in [6.45, 7) is 3.49. The second-order valence-electron chi connectivity index (χ2n) is 9.38. The summed E-state index contributed by atoms with van der Waals surface area (Å²) in [6.07, 6.45) is 3.12. The number of benzene rings is 1. The van der Waals surface area contributed by atoms with E-state index in [1.165, 1.54) is 19.2 Å². The van der Waals surface area contributed by atoms with E-state index in [2.05, 4.69) is 25.6 Å². The highest BCUT2D eigenvalue weighted by molar-refractivity contribution is 5.97. The second kappa shape index (κ2) is 12.7. The lowest BCUT2D eigenvalue weighted by Gasteiger charge is -2.27. The molecule has 4 aromatic rings. The van der Waals surface area contributed by atoms with E-state index < -0.39 is 11.5 Å². The number of para-hydroxylation sites is 1. The lowest BCUT2D eigenvalue weighted by atomic mass is 10.0. The number of hydrogen-bond acceptors (Lipinski definition) is 9. The molecule has 1 unspecified atom stereocenters. The Hall–Kier alpha value is -5.34. The number of aryl methyl sites for hydroxylation is 1. The lowest BCUT2D eigenvalue weighted by molar-refractivity contribution is -0.121. The summed E-state index contributed by atoms with van der Waals surface area (Å²) in [5.41, 5.74) is 1.36. The van der Waals surface area contributed by atoms with Gasteiger partial charge in [-0.2, -0.15) is 5.26 Å². The van der Waals surface area contributed by atoms with Gasteiger partial charge in [-0.05, 0) is 56.3 Å². The molecule has 0 spiro atoms. The molecule has 41 heavy (non-hydrogen) atoms. The molecule has 0 bridgehead atoms. The van der Waals surface area contributed by atoms with Crippen LogP contribution in [-0.4, -0.2) is 51.1 Å². The minimum atomic E-state index is -1.01. The number of nitrogens with zero attached hydrogens (tertiary/aromatic N) is 4. The van der Waals surface area contributed by atoms with Gasteiger partial charge in [0.15, 0.2) is 0 Å². The van der Waals surface area contributed by atoms with Crippen LogP contribution in [0.15, 0.2) is 73.1 Å². The number of carbonyl (C=O) groups excluding carboxylic acids is 2. The number of nitrogens with one attached hydrogen (secondary N) is 2. The first-order chi connectivity index (χ1) is 19.7. The van der Waals surface area contributed by atoms with Crippen LogP contribution in [0.25, 0.3) is 11.3 Å². The average Bonchev–Trinajstić information content (AvgIpc) is 2.98. The molecule has 3 N–H and O–H groups in total. The molecule has 4 rings (SSSR count). The van der Waals surface area contributed by atoms with Crippen molar-refractivity contribution in [2.45, 2.75) is 25.9 Å². The van der Waals surface area contributed by atoms with Gasteiger partial charge in [-0.15, -0.1) is 0 Å². The van der Waals surface area contributed by atoms with E-state index >= 15 is 0 Å². The number of aromatic hydroxyl groups is 1. The highest BCUT2D eigenvalue weighted by atomic mass is 16.5. The van der Waals surface area contributed by atoms with Crippen LogP contribution in [0.3, 0.4) is 0 Å². The van der Waals surface area contributed by atoms with Crippen LogP contribution in [0.4, 0.5) is 5.82 Å². The first kappa shape index (κ1) is 28.7. The van der Waals surface area contributed by atoms with Crippen molar-refractivity contribution in [1.82, 2.24) is 20.3 Å². The molecule has 0 radical (unpaired) electrons. The third-order valence-electron chi connectivity index (χ3n) is 6.24. The van der Waals surface area contributed by atoms with Crippen molar-refractivity contribution in [3.05, 3.63) is 90.0 Å². The molecule has 1 aromatic carbocycles. The molecule has 0 fully saturated rings. The fourth-order valence-corrected chi connectivity index (χ4v) is 3.86. The van der Waals surface area contributed by atoms with Crippen LogP contribution in [0.1, 0.15) is 35.1 Å². The van der Waals surface area contributed by atoms with Crippen molar-refractivity contribution in [2.24, 2.45) is 0 Å². The Morgan fingerprint density at radius 2 is 1.90 bits per heavy atom. The first-order valence-corrected chi connectivity index (χ1v) is 12.6. The molecule has 0 saturated heterocycles. The van der Waals surface area contributed by atoms with Gasteiger partial charge >= 0.3 is 0 Å². The Kier molecular flexibility index (Phi) is 8.86. The standard InChI is InChI=1S/C30H28N6O5/c1-19-26(41-22-12-13-32-24(14-22)20-8-9-21(16-31)33-17-20)10-11-27(35-19)36-28(38)15-30(2,40-3)18-34-29(39)23-6-4-5-7-25(23)37/h4-14,17,37H,15,18H2,1-3H3,(H,34,39)(H,35,36,38). The van der Waals surface area contributed by atoms with E-state index in [1.807, 2.05) is 6.07 Å². The molecule has 11 nitrogen and oxygen atoms in total. The summed E-state index contributed by atoms with van der Waals surface area (Å²) in [4.78, 5) is 38.1. The van der Waals surface area contributed by atoms with Crippen molar-refractivity contribution in [3.63, 3.8) is 0 Å². The summed E-state index contributed by atoms with van der Waals surface area (Å²) in [5, 5.41) is 24.3. The number of rotatable bonds is 10. The van der Waals surface area contributed by atoms with E-state index in [9.17, 15) is 14.7 Å². The van der Waals surface area contributed by atoms with Crippen molar-refractivity contribution >= 4 is 17.6 Å². The molecule has 0 aliphatic rings. The quantitative estimate of drug-likeness (QED) is 0.259. The molecular formula is C30H28N6O5. The minimum Gasteiger partial charge on any atom is -0.507 e. The van der Waals surface area contributed by atoms with Gasteiger partial charge in [0, 0.05) is 37.7 Å². The topological polar surface area (TPSA) is 159 Å². The zero-order valence-corrected chi connectivity index (χ0v) is 22.7. The molecule has 0 saturated carbocycles. The number of phenolic OH excluding ortho intramolecular Hbond substituents is 1. The largest absolute Gasteiger partial charge is 0.507 e. The maximum Gasteiger partial charge on any atom is 0.255 e. The number of nitriles is 1. The number of hydrogen-bond donors (Lipinski definition) is 3. The number of phenols is 1. The van der Waals surface area contributed by atoms with E-state index in [0.29, 0.717) is 34.4 Å². The van der Waals surface area contributed by atoms with Crippen LogP contribution in [0.2, 0.25) is 0 Å². The molecule has 11 heteroatoms. The normalized spacial score (nSPS) is 12.0. The zero-order valence-electron chi connectivity index (χ0n) is 22.7. The number of amides is 2. The number of ether oxygens (including phenoxy) is 2. The molecule has 3 heterocycles. The van der Waals surface area contributed by atoms with Crippen LogP contribution in [-0.2, 0) is 9.53 Å². The molecular weight excluding hydrogens is 524 g/mol. The SMILES string of the molecule is COC(C)(CNC(=O)c1ccccc1O)CC(=O)Nc1ccc(Oc2ccnc(-c3ccc(C#N)nc3)c2)c(C)n1. The summed E-state index contributed by atoms with van der Waals surface area (Å²) in [6, 6.07) is 18.3. The first-order valence-electron chi connectivity index (χ1n) is 12.6. The zero-order chi connectivity index (χ0) is 29.4. The van der Waals surface area contributed by atoms with Gasteiger partial charge in [0.2, 0.25) is 5.91 Å². The van der Waals surface area contributed by atoms with Gasteiger partial charge in [0.25, 0.3) is 5.91 Å². The van der Waals surface area contributed by atoms with E-state index in [-0.39, 0.29) is 30.2 Å². The molecule has 0 aliphatic carbocycles. The summed E-state index contributed by atoms with van der Waals surface area (Å²) in [5.74, 6) is 0.380.